The number of nitrogens with zero attached hydrogens (tertiary/aromatic N) is 2. The summed E-state index contributed by atoms with van der Waals surface area (Å²) < 4.78 is 50.1. The summed E-state index contributed by atoms with van der Waals surface area (Å²) in [4.78, 5) is 12.3. The molecule has 3 aromatic carbocycles. The molecule has 186 valence electrons. The number of benzene rings is 3. The van der Waals surface area contributed by atoms with Crippen LogP contribution in [-0.2, 0) is 24.0 Å². The van der Waals surface area contributed by atoms with E-state index in [1.54, 1.807) is 31.4 Å². The van der Waals surface area contributed by atoms with Crippen LogP contribution < -0.4 is 14.8 Å². The third-order valence-corrected chi connectivity index (χ3v) is 6.30. The van der Waals surface area contributed by atoms with E-state index in [0.717, 1.165) is 29.5 Å². The number of amidine groups is 1. The number of halogens is 3. The maximum absolute atomic E-state index is 12.9. The lowest BCUT2D eigenvalue weighted by Gasteiger charge is -2.11. The van der Waals surface area contributed by atoms with Crippen molar-refractivity contribution in [3.63, 3.8) is 0 Å². The first-order valence-electron chi connectivity index (χ1n) is 10.9. The van der Waals surface area contributed by atoms with Crippen LogP contribution in [0.2, 0.25) is 0 Å². The highest BCUT2D eigenvalue weighted by molar-refractivity contribution is 8.15. The lowest BCUT2D eigenvalue weighted by Crippen LogP contribution is -2.26. The maximum Gasteiger partial charge on any atom is 0.416 e. The Morgan fingerprint density at radius 3 is 2.53 bits per heavy atom. The van der Waals surface area contributed by atoms with E-state index in [9.17, 15) is 18.0 Å². The fraction of sp³-hybridized carbons (Fsp3) is 0.192. The predicted molar refractivity (Wildman–Crippen MR) is 133 cm³/mol. The molecule has 1 saturated heterocycles. The zero-order valence-corrected chi connectivity index (χ0v) is 20.0. The summed E-state index contributed by atoms with van der Waals surface area (Å²) in [5.74, 6) is 0.793. The summed E-state index contributed by atoms with van der Waals surface area (Å²) in [5, 5.41) is 10.4. The number of carbonyl (C=O) groups is 1. The van der Waals surface area contributed by atoms with Gasteiger partial charge in [0.05, 0.1) is 24.1 Å². The number of amides is 1. The van der Waals surface area contributed by atoms with Crippen LogP contribution in [0.25, 0.3) is 0 Å². The first kappa shape index (κ1) is 25.3. The minimum Gasteiger partial charge on any atom is -0.493 e. The third kappa shape index (κ3) is 6.66. The highest BCUT2D eigenvalue weighted by Crippen LogP contribution is 2.31. The Balaban J connectivity index is 1.37. The van der Waals surface area contributed by atoms with Crippen molar-refractivity contribution in [3.8, 4) is 11.5 Å². The molecule has 1 aliphatic rings. The summed E-state index contributed by atoms with van der Waals surface area (Å²) in [6, 6.07) is 20.0. The summed E-state index contributed by atoms with van der Waals surface area (Å²) in [5.41, 5.74) is 1.42. The topological polar surface area (TPSA) is 72.3 Å². The number of rotatable bonds is 8. The van der Waals surface area contributed by atoms with E-state index in [1.807, 2.05) is 30.3 Å². The molecule has 0 aliphatic carbocycles. The zero-order chi connectivity index (χ0) is 25.5. The largest absolute Gasteiger partial charge is 0.493 e. The number of ether oxygens (including phenoxy) is 2. The van der Waals surface area contributed by atoms with Gasteiger partial charge < -0.3 is 14.8 Å². The van der Waals surface area contributed by atoms with Crippen LogP contribution in [-0.4, -0.2) is 29.6 Å². The molecular formula is C26H22F3N3O3S. The van der Waals surface area contributed by atoms with Crippen LogP contribution in [0.3, 0.4) is 0 Å². The number of hydrogen-bond acceptors (Lipinski definition) is 6. The van der Waals surface area contributed by atoms with Gasteiger partial charge in [0.2, 0.25) is 5.91 Å². The smallest absolute Gasteiger partial charge is 0.416 e. The second-order valence-corrected chi connectivity index (χ2v) is 9.02. The number of hydrogen-bond donors (Lipinski definition) is 1. The molecular weight excluding hydrogens is 491 g/mol. The van der Waals surface area contributed by atoms with Gasteiger partial charge in [-0.2, -0.15) is 18.3 Å². The molecule has 10 heteroatoms. The zero-order valence-electron chi connectivity index (χ0n) is 19.2. The molecule has 0 aromatic heterocycles. The monoisotopic (exact) mass is 513 g/mol. The Morgan fingerprint density at radius 1 is 1.00 bits per heavy atom. The standard InChI is InChI=1S/C26H22F3N3O3S/c1-34-22-13-19(10-11-21(22)35-16-17-6-3-2-4-7-17)15-30-32-25-31-24(33)23(36-25)14-18-8-5-9-20(12-18)26(27,28)29/h2-13,15,23H,14,16H2,1H3,(H,31,32,33)/b30-15+. The molecule has 1 heterocycles. The van der Waals surface area contributed by atoms with Crippen LogP contribution in [0, 0.1) is 0 Å². The van der Waals surface area contributed by atoms with Gasteiger partial charge in [-0.3, -0.25) is 4.79 Å². The van der Waals surface area contributed by atoms with Crippen molar-refractivity contribution in [3.05, 3.63) is 95.1 Å². The van der Waals surface area contributed by atoms with Crippen molar-refractivity contribution in [2.24, 2.45) is 10.2 Å². The Morgan fingerprint density at radius 2 is 1.78 bits per heavy atom. The minimum atomic E-state index is -4.43. The van der Waals surface area contributed by atoms with E-state index in [4.69, 9.17) is 9.47 Å². The van der Waals surface area contributed by atoms with Crippen molar-refractivity contribution in [2.75, 3.05) is 7.11 Å². The number of methoxy groups -OCH3 is 1. The second kappa shape index (κ2) is 11.3. The fourth-order valence-corrected chi connectivity index (χ4v) is 4.41. The van der Waals surface area contributed by atoms with E-state index in [-0.39, 0.29) is 17.5 Å². The van der Waals surface area contributed by atoms with Crippen LogP contribution >= 0.6 is 11.8 Å². The number of nitrogens with one attached hydrogen (secondary N) is 1. The molecule has 1 unspecified atom stereocenters. The van der Waals surface area contributed by atoms with Crippen molar-refractivity contribution in [2.45, 2.75) is 24.5 Å². The van der Waals surface area contributed by atoms with Crippen LogP contribution in [0.4, 0.5) is 13.2 Å². The van der Waals surface area contributed by atoms with Crippen molar-refractivity contribution in [1.82, 2.24) is 5.32 Å². The highest BCUT2D eigenvalue weighted by Gasteiger charge is 2.33. The maximum atomic E-state index is 12.9. The van der Waals surface area contributed by atoms with Crippen molar-refractivity contribution < 1.29 is 27.4 Å². The molecule has 0 saturated carbocycles. The Kier molecular flexibility index (Phi) is 7.94. The van der Waals surface area contributed by atoms with E-state index >= 15 is 0 Å². The van der Waals surface area contributed by atoms with Crippen molar-refractivity contribution >= 4 is 29.1 Å². The average Bonchev–Trinajstić information content (AvgIpc) is 3.22. The Labute approximate surface area is 210 Å². The first-order chi connectivity index (χ1) is 17.3. The van der Waals surface area contributed by atoms with Gasteiger partial charge >= 0.3 is 6.18 Å². The molecule has 0 spiro atoms. The van der Waals surface area contributed by atoms with Gasteiger partial charge in [-0.15, -0.1) is 5.10 Å². The molecule has 36 heavy (non-hydrogen) atoms. The molecule has 6 nitrogen and oxygen atoms in total. The second-order valence-electron chi connectivity index (χ2n) is 7.83. The normalized spacial score (nSPS) is 16.9. The molecule has 3 aromatic rings. The lowest BCUT2D eigenvalue weighted by atomic mass is 10.1. The molecule has 0 bridgehead atoms. The number of alkyl halides is 3. The van der Waals surface area contributed by atoms with E-state index < -0.39 is 17.0 Å². The van der Waals surface area contributed by atoms with Gasteiger partial charge in [0.25, 0.3) is 0 Å². The third-order valence-electron chi connectivity index (χ3n) is 5.23. The molecule has 1 N–H and O–H groups in total. The number of carbonyl (C=O) groups excluding carboxylic acids is 1. The van der Waals surface area contributed by atoms with Gasteiger partial charge in [0, 0.05) is 0 Å². The summed E-state index contributed by atoms with van der Waals surface area (Å²) >= 11 is 1.13. The summed E-state index contributed by atoms with van der Waals surface area (Å²) in [6.45, 7) is 0.400. The van der Waals surface area contributed by atoms with Gasteiger partial charge in [-0.25, -0.2) is 0 Å². The predicted octanol–water partition coefficient (Wildman–Crippen LogP) is 5.46. The molecule has 1 atom stereocenters. The quantitative estimate of drug-likeness (QED) is 0.321. The molecule has 4 rings (SSSR count). The Hall–Kier alpha value is -3.79. The van der Waals surface area contributed by atoms with E-state index in [0.29, 0.717) is 29.2 Å². The summed E-state index contributed by atoms with van der Waals surface area (Å²) in [6.07, 6.45) is -2.79. The highest BCUT2D eigenvalue weighted by atomic mass is 32.2. The fourth-order valence-electron chi connectivity index (χ4n) is 3.44. The van der Waals surface area contributed by atoms with E-state index in [2.05, 4.69) is 15.5 Å². The van der Waals surface area contributed by atoms with E-state index in [1.165, 1.54) is 12.3 Å². The van der Waals surface area contributed by atoms with Crippen molar-refractivity contribution in [1.29, 1.82) is 0 Å². The number of thioether (sulfide) groups is 1. The summed E-state index contributed by atoms with van der Waals surface area (Å²) in [7, 11) is 1.54. The lowest BCUT2D eigenvalue weighted by molar-refractivity contribution is -0.137. The van der Waals surface area contributed by atoms with Gasteiger partial charge in [0.15, 0.2) is 16.7 Å². The van der Waals surface area contributed by atoms with Gasteiger partial charge in [-0.1, -0.05) is 60.3 Å². The molecule has 1 amide bonds. The minimum absolute atomic E-state index is 0.144. The molecule has 1 fully saturated rings. The van der Waals surface area contributed by atoms with Gasteiger partial charge in [0.1, 0.15) is 6.61 Å². The van der Waals surface area contributed by atoms with Crippen LogP contribution in [0.15, 0.2) is 83.0 Å². The molecule has 1 aliphatic heterocycles. The average molecular weight is 514 g/mol. The molecule has 0 radical (unpaired) electrons. The Bertz CT molecular complexity index is 1280. The van der Waals surface area contributed by atoms with Gasteiger partial charge in [-0.05, 0) is 47.4 Å². The SMILES string of the molecule is COc1cc(/C=N/N=C2\NC(=O)C(Cc3cccc(C(F)(F)F)c3)S2)ccc1OCc1ccccc1. The van der Waals surface area contributed by atoms with Crippen LogP contribution in [0.1, 0.15) is 22.3 Å². The first-order valence-corrected chi connectivity index (χ1v) is 11.8. The van der Waals surface area contributed by atoms with Crippen LogP contribution in [0.5, 0.6) is 11.5 Å².